The highest BCUT2D eigenvalue weighted by molar-refractivity contribution is 5.94. The highest BCUT2D eigenvalue weighted by atomic mass is 16.6. The number of nitro groups is 1. The number of carbonyl (C=O) groups is 2. The molecule has 0 aliphatic heterocycles. The normalized spacial score (nSPS) is 12.0. The van der Waals surface area contributed by atoms with Gasteiger partial charge in [-0.15, -0.1) is 0 Å². The molecule has 0 fully saturated rings. The standard InChI is InChI=1S/C30H28N4O5/c1-20(2)28(32-29(35)27(21-10-5-3-6-11-21)22-12-7-4-8-13-22)30(36)33-31-17-24-18-39-19-26(24)23-14-9-15-25(16-23)34(37)38/h3-20,27-28H,1-2H3,(H,32,35)(H,33,36)/b31-17+/t28-/m0/s1. The van der Waals surface area contributed by atoms with E-state index in [9.17, 15) is 19.7 Å². The molecule has 0 saturated heterocycles. The Hall–Kier alpha value is -5.05. The van der Waals surface area contributed by atoms with Crippen molar-refractivity contribution in [3.63, 3.8) is 0 Å². The minimum atomic E-state index is -0.842. The number of benzene rings is 3. The van der Waals surface area contributed by atoms with Crippen molar-refractivity contribution in [3.05, 3.63) is 124 Å². The van der Waals surface area contributed by atoms with E-state index in [1.807, 2.05) is 74.5 Å². The predicted octanol–water partition coefficient (Wildman–Crippen LogP) is 5.28. The van der Waals surface area contributed by atoms with Gasteiger partial charge in [-0.05, 0) is 22.6 Å². The summed E-state index contributed by atoms with van der Waals surface area (Å²) in [4.78, 5) is 37.2. The van der Waals surface area contributed by atoms with E-state index in [-0.39, 0.29) is 17.5 Å². The summed E-state index contributed by atoms with van der Waals surface area (Å²) >= 11 is 0. The summed E-state index contributed by atoms with van der Waals surface area (Å²) in [5.41, 5.74) is 5.76. The number of nitrogens with one attached hydrogen (secondary N) is 2. The largest absolute Gasteiger partial charge is 0.471 e. The van der Waals surface area contributed by atoms with Gasteiger partial charge >= 0.3 is 0 Å². The van der Waals surface area contributed by atoms with E-state index in [0.29, 0.717) is 16.7 Å². The van der Waals surface area contributed by atoms with Crippen LogP contribution in [0, 0.1) is 16.0 Å². The van der Waals surface area contributed by atoms with Crippen LogP contribution in [0.25, 0.3) is 11.1 Å². The number of amides is 2. The molecular weight excluding hydrogens is 496 g/mol. The minimum Gasteiger partial charge on any atom is -0.471 e. The fourth-order valence-electron chi connectivity index (χ4n) is 4.22. The quantitative estimate of drug-likeness (QED) is 0.166. The van der Waals surface area contributed by atoms with Gasteiger partial charge < -0.3 is 9.73 Å². The molecule has 4 rings (SSSR count). The molecule has 0 bridgehead atoms. The first kappa shape index (κ1) is 27.0. The second-order valence-electron chi connectivity index (χ2n) is 9.27. The number of carbonyl (C=O) groups excluding carboxylic acids is 2. The first-order valence-electron chi connectivity index (χ1n) is 12.4. The van der Waals surface area contributed by atoms with Crippen LogP contribution in [0.15, 0.2) is 107 Å². The number of hydrazone groups is 1. The van der Waals surface area contributed by atoms with Gasteiger partial charge in [0, 0.05) is 23.3 Å². The van der Waals surface area contributed by atoms with Crippen molar-refractivity contribution in [2.75, 3.05) is 0 Å². The van der Waals surface area contributed by atoms with E-state index in [1.165, 1.54) is 30.9 Å². The summed E-state index contributed by atoms with van der Waals surface area (Å²) in [6, 6.07) is 24.1. The van der Waals surface area contributed by atoms with Crippen LogP contribution in [0.1, 0.15) is 36.5 Å². The van der Waals surface area contributed by atoms with Gasteiger partial charge in [-0.1, -0.05) is 86.6 Å². The number of nitrogens with zero attached hydrogens (tertiary/aromatic N) is 2. The molecule has 3 aromatic carbocycles. The maximum Gasteiger partial charge on any atom is 0.270 e. The highest BCUT2D eigenvalue weighted by Gasteiger charge is 2.29. The van der Waals surface area contributed by atoms with Crippen LogP contribution in [0.2, 0.25) is 0 Å². The van der Waals surface area contributed by atoms with Crippen molar-refractivity contribution in [3.8, 4) is 11.1 Å². The van der Waals surface area contributed by atoms with Crippen molar-refractivity contribution >= 4 is 23.7 Å². The summed E-state index contributed by atoms with van der Waals surface area (Å²) in [5, 5.41) is 18.1. The molecular formula is C30H28N4O5. The minimum absolute atomic E-state index is 0.0512. The van der Waals surface area contributed by atoms with Crippen LogP contribution in [-0.2, 0) is 9.59 Å². The fraction of sp³-hybridized carbons (Fsp3) is 0.167. The fourth-order valence-corrected chi connectivity index (χ4v) is 4.22. The second kappa shape index (κ2) is 12.5. The number of hydrogen-bond acceptors (Lipinski definition) is 6. The molecule has 1 heterocycles. The van der Waals surface area contributed by atoms with E-state index in [4.69, 9.17) is 4.42 Å². The van der Waals surface area contributed by atoms with Gasteiger partial charge in [0.25, 0.3) is 11.6 Å². The topological polar surface area (TPSA) is 127 Å². The van der Waals surface area contributed by atoms with Crippen LogP contribution in [0.4, 0.5) is 5.69 Å². The van der Waals surface area contributed by atoms with Crippen molar-refractivity contribution < 1.29 is 18.9 Å². The lowest BCUT2D eigenvalue weighted by Crippen LogP contribution is -2.50. The Kier molecular flexibility index (Phi) is 8.63. The van der Waals surface area contributed by atoms with E-state index in [2.05, 4.69) is 15.8 Å². The maximum atomic E-state index is 13.5. The van der Waals surface area contributed by atoms with Crippen molar-refractivity contribution in [2.24, 2.45) is 11.0 Å². The molecule has 9 heteroatoms. The van der Waals surface area contributed by atoms with Gasteiger partial charge in [0.15, 0.2) is 0 Å². The molecule has 1 aromatic heterocycles. The summed E-state index contributed by atoms with van der Waals surface area (Å²) in [7, 11) is 0. The number of rotatable bonds is 10. The predicted molar refractivity (Wildman–Crippen MR) is 148 cm³/mol. The maximum absolute atomic E-state index is 13.5. The number of furan rings is 1. The summed E-state index contributed by atoms with van der Waals surface area (Å²) in [6.07, 6.45) is 4.27. The third kappa shape index (κ3) is 6.64. The van der Waals surface area contributed by atoms with E-state index in [1.54, 1.807) is 12.1 Å². The Morgan fingerprint density at radius 1 is 0.897 bits per heavy atom. The van der Waals surface area contributed by atoms with Crippen LogP contribution in [0.5, 0.6) is 0 Å². The van der Waals surface area contributed by atoms with E-state index >= 15 is 0 Å². The molecule has 198 valence electrons. The number of nitro benzene ring substituents is 1. The van der Waals surface area contributed by atoms with Crippen LogP contribution < -0.4 is 10.7 Å². The lowest BCUT2D eigenvalue weighted by Gasteiger charge is -2.24. The van der Waals surface area contributed by atoms with Gasteiger partial charge in [0.2, 0.25) is 5.91 Å². The smallest absolute Gasteiger partial charge is 0.270 e. The Morgan fingerprint density at radius 3 is 2.13 bits per heavy atom. The van der Waals surface area contributed by atoms with Crippen LogP contribution >= 0.6 is 0 Å². The summed E-state index contributed by atoms with van der Waals surface area (Å²) < 4.78 is 5.28. The Labute approximate surface area is 225 Å². The lowest BCUT2D eigenvalue weighted by atomic mass is 9.89. The van der Waals surface area contributed by atoms with E-state index < -0.39 is 22.8 Å². The first-order chi connectivity index (χ1) is 18.8. The van der Waals surface area contributed by atoms with Crippen molar-refractivity contribution in [1.82, 2.24) is 10.7 Å². The van der Waals surface area contributed by atoms with Gasteiger partial charge in [-0.25, -0.2) is 5.43 Å². The molecule has 1 atom stereocenters. The first-order valence-corrected chi connectivity index (χ1v) is 12.4. The zero-order valence-electron chi connectivity index (χ0n) is 21.5. The molecule has 0 unspecified atom stereocenters. The molecule has 9 nitrogen and oxygen atoms in total. The van der Waals surface area contributed by atoms with Gasteiger partial charge in [0.05, 0.1) is 29.6 Å². The average Bonchev–Trinajstić information content (AvgIpc) is 3.41. The molecule has 0 aliphatic rings. The van der Waals surface area contributed by atoms with Crippen LogP contribution in [0.3, 0.4) is 0 Å². The van der Waals surface area contributed by atoms with Gasteiger partial charge in [0.1, 0.15) is 6.04 Å². The molecule has 2 N–H and O–H groups in total. The second-order valence-corrected chi connectivity index (χ2v) is 9.27. The number of hydrogen-bond donors (Lipinski definition) is 2. The Morgan fingerprint density at radius 2 is 1.54 bits per heavy atom. The van der Waals surface area contributed by atoms with Crippen molar-refractivity contribution in [1.29, 1.82) is 0 Å². The summed E-state index contributed by atoms with van der Waals surface area (Å²) in [6.45, 7) is 3.68. The third-order valence-electron chi connectivity index (χ3n) is 6.21. The van der Waals surface area contributed by atoms with Crippen LogP contribution in [-0.4, -0.2) is 29.0 Å². The Bertz CT molecular complexity index is 1430. The third-order valence-corrected chi connectivity index (χ3v) is 6.21. The molecule has 0 saturated carbocycles. The zero-order chi connectivity index (χ0) is 27.8. The summed E-state index contributed by atoms with van der Waals surface area (Å²) in [5.74, 6) is -1.58. The Balaban J connectivity index is 1.49. The molecule has 0 aliphatic carbocycles. The monoisotopic (exact) mass is 524 g/mol. The van der Waals surface area contributed by atoms with Crippen molar-refractivity contribution in [2.45, 2.75) is 25.8 Å². The molecule has 39 heavy (non-hydrogen) atoms. The lowest BCUT2D eigenvalue weighted by molar-refractivity contribution is -0.384. The average molecular weight is 525 g/mol. The highest BCUT2D eigenvalue weighted by Crippen LogP contribution is 2.27. The van der Waals surface area contributed by atoms with Gasteiger partial charge in [-0.3, -0.25) is 19.7 Å². The molecule has 0 spiro atoms. The molecule has 4 aromatic rings. The number of non-ortho nitro benzene ring substituents is 1. The molecule has 0 radical (unpaired) electrons. The molecule has 2 amide bonds. The zero-order valence-corrected chi connectivity index (χ0v) is 21.5. The SMILES string of the molecule is CC(C)[C@H](NC(=O)C(c1ccccc1)c1ccccc1)C(=O)N/N=C/c1cocc1-c1cccc([N+](=O)[O-])c1. The van der Waals surface area contributed by atoms with E-state index in [0.717, 1.165) is 11.1 Å². The van der Waals surface area contributed by atoms with Gasteiger partial charge in [-0.2, -0.15) is 5.10 Å².